The number of aromatic nitrogens is 4. The Morgan fingerprint density at radius 3 is 2.67 bits per heavy atom. The van der Waals surface area contributed by atoms with Gasteiger partial charge in [0, 0.05) is 50.4 Å². The minimum atomic E-state index is -3.85. The third-order valence-electron chi connectivity index (χ3n) is 6.64. The molecule has 0 amide bonds. The van der Waals surface area contributed by atoms with Gasteiger partial charge in [0.2, 0.25) is 16.0 Å². The molecule has 1 aliphatic rings. The van der Waals surface area contributed by atoms with Crippen LogP contribution >= 0.6 is 0 Å². The van der Waals surface area contributed by atoms with Crippen molar-refractivity contribution in [2.75, 3.05) is 23.1 Å². The predicted octanol–water partition coefficient (Wildman–Crippen LogP) is 4.35. The molecule has 0 radical (unpaired) electrons. The van der Waals surface area contributed by atoms with Crippen LogP contribution in [-0.4, -0.2) is 53.5 Å². The lowest BCUT2D eigenvalue weighted by Gasteiger charge is -2.26. The fourth-order valence-corrected chi connectivity index (χ4v) is 5.86. The Labute approximate surface area is 226 Å². The van der Waals surface area contributed by atoms with Gasteiger partial charge in [-0.2, -0.15) is 5.10 Å². The number of aryl methyl sites for hydroxylation is 1. The lowest BCUT2D eigenvalue weighted by Crippen LogP contribution is -2.44. The number of piperidine rings is 1. The van der Waals surface area contributed by atoms with Crippen LogP contribution < -0.4 is 15.4 Å². The number of fused-ring (bicyclic) bond motifs is 1. The van der Waals surface area contributed by atoms with E-state index < -0.39 is 22.0 Å². The number of hydrogen-bond acceptors (Lipinski definition) is 7. The fourth-order valence-electron chi connectivity index (χ4n) is 4.75. The number of halogens is 2. The van der Waals surface area contributed by atoms with Gasteiger partial charge in [0.1, 0.15) is 17.7 Å². The minimum absolute atomic E-state index is 0.101. The van der Waals surface area contributed by atoms with Crippen LogP contribution in [0.1, 0.15) is 37.4 Å². The number of benzene rings is 2. The molecule has 0 spiro atoms. The highest BCUT2D eigenvalue weighted by molar-refractivity contribution is 7.91. The third-order valence-corrected chi connectivity index (χ3v) is 7.85. The normalized spacial score (nSPS) is 18.0. The zero-order valence-electron chi connectivity index (χ0n) is 21.9. The molecule has 2 aromatic carbocycles. The van der Waals surface area contributed by atoms with Gasteiger partial charge in [-0.15, -0.1) is 0 Å². The SMILES string of the molecule is CC(C)c1cc(-c2ccc(NS(=O)(=O)Cc3ccn(C)n3)c(F)c2)cc2cnc(N[C@@H]3CNC[C@@H](F)C3)nc12. The highest BCUT2D eigenvalue weighted by Crippen LogP contribution is 2.33. The lowest BCUT2D eigenvalue weighted by atomic mass is 9.94. The zero-order chi connectivity index (χ0) is 27.7. The molecule has 4 aromatic rings. The van der Waals surface area contributed by atoms with Gasteiger partial charge in [-0.3, -0.25) is 9.40 Å². The highest BCUT2D eigenvalue weighted by Gasteiger charge is 2.22. The topological polar surface area (TPSA) is 114 Å². The molecule has 2 atom stereocenters. The van der Waals surface area contributed by atoms with Crippen molar-refractivity contribution in [3.8, 4) is 11.1 Å². The summed E-state index contributed by atoms with van der Waals surface area (Å²) in [4.78, 5) is 9.17. The van der Waals surface area contributed by atoms with Gasteiger partial charge in [-0.1, -0.05) is 19.9 Å². The Morgan fingerprint density at radius 2 is 1.97 bits per heavy atom. The van der Waals surface area contributed by atoms with E-state index in [4.69, 9.17) is 4.98 Å². The van der Waals surface area contributed by atoms with Crippen molar-refractivity contribution in [1.82, 2.24) is 25.1 Å². The van der Waals surface area contributed by atoms with E-state index >= 15 is 4.39 Å². The molecule has 39 heavy (non-hydrogen) atoms. The molecule has 2 aromatic heterocycles. The van der Waals surface area contributed by atoms with Crippen LogP contribution in [0, 0.1) is 5.82 Å². The van der Waals surface area contributed by atoms with E-state index in [1.54, 1.807) is 31.6 Å². The first kappa shape index (κ1) is 26.9. The van der Waals surface area contributed by atoms with Crippen molar-refractivity contribution in [3.05, 3.63) is 65.9 Å². The van der Waals surface area contributed by atoms with E-state index in [9.17, 15) is 12.8 Å². The highest BCUT2D eigenvalue weighted by atomic mass is 32.2. The van der Waals surface area contributed by atoms with Gasteiger partial charge >= 0.3 is 0 Å². The summed E-state index contributed by atoms with van der Waals surface area (Å²) in [6.07, 6.45) is 2.84. The maximum atomic E-state index is 15.1. The van der Waals surface area contributed by atoms with Crippen LogP contribution in [0.5, 0.6) is 0 Å². The number of nitrogens with one attached hydrogen (secondary N) is 3. The van der Waals surface area contributed by atoms with Crippen LogP contribution in [0.15, 0.2) is 48.8 Å². The Hall–Kier alpha value is -3.64. The fraction of sp³-hybridized carbons (Fsp3) is 0.370. The van der Waals surface area contributed by atoms with Gasteiger partial charge in [-0.05, 0) is 52.9 Å². The van der Waals surface area contributed by atoms with Crippen LogP contribution in [0.4, 0.5) is 20.4 Å². The molecule has 3 heterocycles. The van der Waals surface area contributed by atoms with Gasteiger partial charge in [-0.25, -0.2) is 27.2 Å². The number of sulfonamides is 1. The van der Waals surface area contributed by atoms with Crippen molar-refractivity contribution < 1.29 is 17.2 Å². The summed E-state index contributed by atoms with van der Waals surface area (Å²) in [5.41, 5.74) is 3.31. The first-order chi connectivity index (χ1) is 18.6. The summed E-state index contributed by atoms with van der Waals surface area (Å²) in [6.45, 7) is 5.09. The summed E-state index contributed by atoms with van der Waals surface area (Å²) in [5.74, 6) is -0.498. The molecule has 3 N–H and O–H groups in total. The van der Waals surface area contributed by atoms with Gasteiger partial charge in [0.25, 0.3) is 0 Å². The van der Waals surface area contributed by atoms with Gasteiger partial charge in [0.05, 0.1) is 16.9 Å². The average Bonchev–Trinajstić information content (AvgIpc) is 3.28. The number of hydrogen-bond donors (Lipinski definition) is 3. The monoisotopic (exact) mass is 555 g/mol. The van der Waals surface area contributed by atoms with E-state index in [1.165, 1.54) is 16.8 Å². The Kier molecular flexibility index (Phi) is 7.50. The second kappa shape index (κ2) is 10.9. The molecule has 0 unspecified atom stereocenters. The maximum Gasteiger partial charge on any atom is 0.238 e. The molecule has 206 valence electrons. The molecule has 0 bridgehead atoms. The first-order valence-electron chi connectivity index (χ1n) is 12.8. The summed E-state index contributed by atoms with van der Waals surface area (Å²) < 4.78 is 57.8. The second-order valence-corrected chi connectivity index (χ2v) is 11.9. The van der Waals surface area contributed by atoms with Crippen molar-refractivity contribution in [2.45, 2.75) is 44.2 Å². The van der Waals surface area contributed by atoms with Crippen molar-refractivity contribution in [1.29, 1.82) is 0 Å². The third kappa shape index (κ3) is 6.34. The lowest BCUT2D eigenvalue weighted by molar-refractivity contribution is 0.254. The van der Waals surface area contributed by atoms with Crippen LogP contribution in [0.2, 0.25) is 0 Å². The largest absolute Gasteiger partial charge is 0.350 e. The number of nitrogens with zero attached hydrogens (tertiary/aromatic N) is 4. The number of rotatable bonds is 8. The van der Waals surface area contributed by atoms with E-state index in [1.807, 2.05) is 26.0 Å². The molecule has 1 fully saturated rings. The van der Waals surface area contributed by atoms with Gasteiger partial charge < -0.3 is 10.6 Å². The summed E-state index contributed by atoms with van der Waals surface area (Å²) in [7, 11) is -2.16. The number of alkyl halides is 1. The van der Waals surface area contributed by atoms with Crippen LogP contribution in [0.25, 0.3) is 22.0 Å². The smallest absolute Gasteiger partial charge is 0.238 e. The zero-order valence-corrected chi connectivity index (χ0v) is 22.8. The molecule has 1 saturated heterocycles. The summed E-state index contributed by atoms with van der Waals surface area (Å²) >= 11 is 0. The van der Waals surface area contributed by atoms with E-state index in [2.05, 4.69) is 25.4 Å². The average molecular weight is 556 g/mol. The van der Waals surface area contributed by atoms with Crippen molar-refractivity contribution in [3.63, 3.8) is 0 Å². The molecule has 5 rings (SSSR count). The summed E-state index contributed by atoms with van der Waals surface area (Å²) in [6, 6.07) is 9.74. The molecular weight excluding hydrogens is 524 g/mol. The standard InChI is InChI=1S/C27H31F2N7O2S/c1-16(2)23-9-18(8-19-12-31-27(33-26(19)23)32-22-11-20(28)13-30-14-22)17-4-5-25(24(29)10-17)35-39(37,38)15-21-6-7-36(3)34-21/h4-10,12,16,20,22,30,35H,11,13-15H2,1-3H3,(H,31,32,33)/t20-,22-/m0/s1. The van der Waals surface area contributed by atoms with Crippen LogP contribution in [0.3, 0.4) is 0 Å². The Morgan fingerprint density at radius 1 is 1.15 bits per heavy atom. The molecule has 1 aliphatic heterocycles. The minimum Gasteiger partial charge on any atom is -0.350 e. The van der Waals surface area contributed by atoms with Crippen molar-refractivity contribution in [2.24, 2.45) is 7.05 Å². The Balaban J connectivity index is 1.40. The van der Waals surface area contributed by atoms with E-state index in [0.29, 0.717) is 36.7 Å². The maximum absolute atomic E-state index is 15.1. The molecular formula is C27H31F2N7O2S. The number of anilines is 2. The Bertz CT molecular complexity index is 1610. The quantitative estimate of drug-likeness (QED) is 0.296. The van der Waals surface area contributed by atoms with E-state index in [-0.39, 0.29) is 23.4 Å². The van der Waals surface area contributed by atoms with Crippen LogP contribution in [-0.2, 0) is 22.8 Å². The van der Waals surface area contributed by atoms with Gasteiger partial charge in [0.15, 0.2) is 0 Å². The molecule has 0 saturated carbocycles. The molecule has 0 aliphatic carbocycles. The van der Waals surface area contributed by atoms with Crippen molar-refractivity contribution >= 4 is 32.6 Å². The predicted molar refractivity (Wildman–Crippen MR) is 148 cm³/mol. The summed E-state index contributed by atoms with van der Waals surface area (Å²) in [5, 5.41) is 11.1. The molecule has 12 heteroatoms. The first-order valence-corrected chi connectivity index (χ1v) is 14.4. The second-order valence-electron chi connectivity index (χ2n) is 10.2. The van der Waals surface area contributed by atoms with E-state index in [0.717, 1.165) is 22.0 Å². The molecule has 9 nitrogen and oxygen atoms in total.